The lowest BCUT2D eigenvalue weighted by Gasteiger charge is -2.31. The molecule has 0 saturated carbocycles. The van der Waals surface area contributed by atoms with Crippen molar-refractivity contribution >= 4 is 29.3 Å². The summed E-state index contributed by atoms with van der Waals surface area (Å²) in [5.74, 6) is -0.0570. The van der Waals surface area contributed by atoms with Gasteiger partial charge in [0, 0.05) is 17.2 Å². The maximum atomic E-state index is 12.5. The fraction of sp³-hybridized carbons (Fsp3) is 0.467. The van der Waals surface area contributed by atoms with Crippen LogP contribution in [-0.4, -0.2) is 53.8 Å². The number of benzene rings is 1. The number of hydrogen-bond donors (Lipinski definition) is 1. The fourth-order valence-electron chi connectivity index (χ4n) is 2.43. The second-order valence-electron chi connectivity index (χ2n) is 4.97. The van der Waals surface area contributed by atoms with Gasteiger partial charge in [-0.25, -0.2) is 0 Å². The number of amides is 1. The Balaban J connectivity index is 2.08. The molecule has 0 unspecified atom stereocenters. The van der Waals surface area contributed by atoms with Crippen LogP contribution in [0.15, 0.2) is 29.2 Å². The van der Waals surface area contributed by atoms with Crippen molar-refractivity contribution < 1.29 is 14.7 Å². The van der Waals surface area contributed by atoms with E-state index in [1.54, 1.807) is 21.6 Å². The van der Waals surface area contributed by atoms with E-state index >= 15 is 0 Å². The highest BCUT2D eigenvalue weighted by molar-refractivity contribution is 7.99. The number of carbonyl (C=O) groups excluding carboxylic acids is 1. The molecule has 0 radical (unpaired) electrons. The predicted molar refractivity (Wildman–Crippen MR) is 83.9 cm³/mol. The lowest BCUT2D eigenvalue weighted by atomic mass is 10.2. The van der Waals surface area contributed by atoms with Crippen LogP contribution in [0.3, 0.4) is 0 Å². The lowest BCUT2D eigenvalue weighted by molar-refractivity contribution is -0.138. The van der Waals surface area contributed by atoms with Crippen molar-refractivity contribution in [1.82, 2.24) is 4.90 Å². The Morgan fingerprint density at radius 2 is 2.10 bits per heavy atom. The van der Waals surface area contributed by atoms with Gasteiger partial charge in [0.1, 0.15) is 0 Å². The van der Waals surface area contributed by atoms with E-state index in [2.05, 4.69) is 0 Å². The van der Waals surface area contributed by atoms with Crippen LogP contribution in [0.5, 0.6) is 0 Å². The summed E-state index contributed by atoms with van der Waals surface area (Å²) in [6.07, 6.45) is 0.826. The molecule has 6 heteroatoms. The van der Waals surface area contributed by atoms with Crippen LogP contribution in [0.1, 0.15) is 13.3 Å². The van der Waals surface area contributed by atoms with Crippen LogP contribution in [-0.2, 0) is 9.59 Å². The molecule has 0 fully saturated rings. The molecule has 0 bridgehead atoms. The van der Waals surface area contributed by atoms with Crippen molar-refractivity contribution in [2.24, 2.45) is 0 Å². The van der Waals surface area contributed by atoms with E-state index in [0.717, 1.165) is 22.8 Å². The van der Waals surface area contributed by atoms with Gasteiger partial charge in [-0.3, -0.25) is 14.5 Å². The van der Waals surface area contributed by atoms with Crippen molar-refractivity contribution in [3.63, 3.8) is 0 Å². The highest BCUT2D eigenvalue weighted by Crippen LogP contribution is 2.34. The van der Waals surface area contributed by atoms with Crippen LogP contribution >= 0.6 is 11.8 Å². The molecule has 2 rings (SSSR count). The Morgan fingerprint density at radius 3 is 2.81 bits per heavy atom. The number of fused-ring (bicyclic) bond motifs is 1. The van der Waals surface area contributed by atoms with Crippen molar-refractivity contribution in [2.75, 3.05) is 36.8 Å². The van der Waals surface area contributed by atoms with Crippen molar-refractivity contribution in [2.45, 2.75) is 18.2 Å². The van der Waals surface area contributed by atoms with E-state index in [9.17, 15) is 9.59 Å². The zero-order chi connectivity index (χ0) is 15.2. The summed E-state index contributed by atoms with van der Waals surface area (Å²) in [5, 5.41) is 8.92. The molecule has 1 heterocycles. The highest BCUT2D eigenvalue weighted by atomic mass is 32.2. The van der Waals surface area contributed by atoms with Gasteiger partial charge < -0.3 is 10.0 Å². The third-order valence-electron chi connectivity index (χ3n) is 3.29. The monoisotopic (exact) mass is 308 g/mol. The average Bonchev–Trinajstić information content (AvgIpc) is 2.46. The molecule has 0 aromatic heterocycles. The number of thioether (sulfide) groups is 1. The Hall–Kier alpha value is -1.53. The quantitative estimate of drug-likeness (QED) is 0.870. The van der Waals surface area contributed by atoms with Crippen LogP contribution in [0, 0.1) is 0 Å². The van der Waals surface area contributed by atoms with Gasteiger partial charge in [-0.15, -0.1) is 11.8 Å². The topological polar surface area (TPSA) is 60.9 Å². The maximum absolute atomic E-state index is 12.5. The molecule has 1 aliphatic rings. The van der Waals surface area contributed by atoms with E-state index in [0.29, 0.717) is 13.1 Å². The molecule has 114 valence electrons. The molecule has 21 heavy (non-hydrogen) atoms. The molecule has 1 aliphatic heterocycles. The fourth-order valence-corrected chi connectivity index (χ4v) is 3.42. The third-order valence-corrected chi connectivity index (χ3v) is 4.33. The largest absolute Gasteiger partial charge is 0.480 e. The first-order valence-corrected chi connectivity index (χ1v) is 8.06. The number of nitrogens with zero attached hydrogens (tertiary/aromatic N) is 2. The van der Waals surface area contributed by atoms with E-state index < -0.39 is 5.97 Å². The van der Waals surface area contributed by atoms with Crippen LogP contribution in [0.2, 0.25) is 0 Å². The van der Waals surface area contributed by atoms with Crippen LogP contribution in [0.25, 0.3) is 0 Å². The minimum absolute atomic E-state index is 0.0301. The molecular formula is C15H20N2O3S. The molecular weight excluding hydrogens is 288 g/mol. The van der Waals surface area contributed by atoms with Gasteiger partial charge in [-0.05, 0) is 25.1 Å². The summed E-state index contributed by atoms with van der Waals surface area (Å²) in [4.78, 5) is 28.0. The summed E-state index contributed by atoms with van der Waals surface area (Å²) in [6, 6.07) is 7.85. The molecule has 1 aromatic carbocycles. The van der Waals surface area contributed by atoms with Crippen molar-refractivity contribution in [3.05, 3.63) is 24.3 Å². The smallest absolute Gasteiger partial charge is 0.317 e. The number of anilines is 1. The average molecular weight is 308 g/mol. The van der Waals surface area contributed by atoms with Gasteiger partial charge in [-0.1, -0.05) is 19.1 Å². The SMILES string of the molecule is CCCN(CC(=O)O)CC(=O)N1CCSc2ccccc21. The Morgan fingerprint density at radius 1 is 1.33 bits per heavy atom. The van der Waals surface area contributed by atoms with Gasteiger partial charge in [-0.2, -0.15) is 0 Å². The number of carboxylic acids is 1. The summed E-state index contributed by atoms with van der Waals surface area (Å²) in [7, 11) is 0. The molecule has 1 aromatic rings. The van der Waals surface area contributed by atoms with E-state index in [-0.39, 0.29) is 19.0 Å². The molecule has 0 saturated heterocycles. The normalized spacial score (nSPS) is 14.1. The number of carbonyl (C=O) groups is 2. The number of para-hydroxylation sites is 1. The minimum atomic E-state index is -0.897. The minimum Gasteiger partial charge on any atom is -0.480 e. The summed E-state index contributed by atoms with van der Waals surface area (Å²) in [5.41, 5.74) is 0.936. The number of hydrogen-bond acceptors (Lipinski definition) is 4. The first-order chi connectivity index (χ1) is 10.1. The van der Waals surface area contributed by atoms with Crippen LogP contribution in [0.4, 0.5) is 5.69 Å². The van der Waals surface area contributed by atoms with Gasteiger partial charge in [0.05, 0.1) is 18.8 Å². The molecule has 1 N–H and O–H groups in total. The predicted octanol–water partition coefficient (Wildman–Crippen LogP) is 1.92. The summed E-state index contributed by atoms with van der Waals surface area (Å²) in [6.45, 7) is 3.32. The second kappa shape index (κ2) is 7.47. The molecule has 0 spiro atoms. The Labute approximate surface area is 128 Å². The van der Waals surface area contributed by atoms with Gasteiger partial charge in [0.15, 0.2) is 0 Å². The summed E-state index contributed by atoms with van der Waals surface area (Å²) >= 11 is 1.75. The molecule has 5 nitrogen and oxygen atoms in total. The first-order valence-electron chi connectivity index (χ1n) is 7.08. The molecule has 1 amide bonds. The Bertz CT molecular complexity index is 521. The number of rotatable bonds is 6. The van der Waals surface area contributed by atoms with Crippen LogP contribution < -0.4 is 4.90 Å². The highest BCUT2D eigenvalue weighted by Gasteiger charge is 2.24. The molecule has 0 aliphatic carbocycles. The molecule has 0 atom stereocenters. The summed E-state index contributed by atoms with van der Waals surface area (Å²) < 4.78 is 0. The van der Waals surface area contributed by atoms with Gasteiger partial charge in [0.25, 0.3) is 0 Å². The number of carboxylic acid groups (broad SMARTS) is 1. The second-order valence-corrected chi connectivity index (χ2v) is 6.10. The zero-order valence-corrected chi connectivity index (χ0v) is 12.9. The zero-order valence-electron chi connectivity index (χ0n) is 12.1. The van der Waals surface area contributed by atoms with Crippen molar-refractivity contribution in [1.29, 1.82) is 0 Å². The lowest BCUT2D eigenvalue weighted by Crippen LogP contribution is -2.44. The Kier molecular flexibility index (Phi) is 5.64. The van der Waals surface area contributed by atoms with Gasteiger partial charge in [0.2, 0.25) is 5.91 Å². The first kappa shape index (κ1) is 15.9. The van der Waals surface area contributed by atoms with E-state index in [4.69, 9.17) is 5.11 Å². The van der Waals surface area contributed by atoms with Crippen molar-refractivity contribution in [3.8, 4) is 0 Å². The maximum Gasteiger partial charge on any atom is 0.317 e. The number of aliphatic carboxylic acids is 1. The van der Waals surface area contributed by atoms with Gasteiger partial charge >= 0.3 is 5.97 Å². The van der Waals surface area contributed by atoms with E-state index in [1.807, 2.05) is 31.2 Å². The standard InChI is InChI=1S/C15H20N2O3S/c1-2-7-16(11-15(19)20)10-14(18)17-8-9-21-13-6-4-3-5-12(13)17/h3-6H,2,7-11H2,1H3,(H,19,20). The van der Waals surface area contributed by atoms with E-state index in [1.165, 1.54) is 0 Å². The third kappa shape index (κ3) is 4.22.